The lowest BCUT2D eigenvalue weighted by Gasteiger charge is -2.31. The molecule has 0 aliphatic carbocycles. The topological polar surface area (TPSA) is 140 Å². The van der Waals surface area contributed by atoms with Crippen molar-refractivity contribution in [2.75, 3.05) is 32.5 Å². The van der Waals surface area contributed by atoms with E-state index in [4.69, 9.17) is 14.6 Å². The Hall–Kier alpha value is -3.40. The number of methoxy groups -OCH3 is 2. The van der Waals surface area contributed by atoms with Crippen LogP contribution in [0.3, 0.4) is 0 Å². The average Bonchev–Trinajstić information content (AvgIpc) is 2.70. The van der Waals surface area contributed by atoms with Gasteiger partial charge in [-0.05, 0) is 17.7 Å². The van der Waals surface area contributed by atoms with Crippen LogP contribution in [0.15, 0.2) is 35.5 Å². The lowest BCUT2D eigenvalue weighted by atomic mass is 9.95. The molecule has 1 aliphatic rings. The van der Waals surface area contributed by atoms with Crippen molar-refractivity contribution < 1.29 is 43.6 Å². The SMILES string of the molecule is COC(=O)C1=C(C(=O)OC)N(c2ccc(C(CC(=O)O)C(=O)O)cc2)COC1. The third-order valence-corrected chi connectivity index (χ3v) is 4.12. The number of carboxylic acids is 2. The zero-order valence-electron chi connectivity index (χ0n) is 15.2. The number of carbonyl (C=O) groups is 4. The lowest BCUT2D eigenvalue weighted by molar-refractivity contribution is -0.145. The first-order valence-electron chi connectivity index (χ1n) is 8.09. The third-order valence-electron chi connectivity index (χ3n) is 4.12. The predicted octanol–water partition coefficient (Wildman–Crippen LogP) is 0.724. The smallest absolute Gasteiger partial charge is 0.355 e. The second-order valence-corrected chi connectivity index (χ2v) is 5.80. The number of benzene rings is 1. The van der Waals surface area contributed by atoms with Gasteiger partial charge in [0.15, 0.2) is 0 Å². The molecule has 2 N–H and O–H groups in total. The van der Waals surface area contributed by atoms with Crippen molar-refractivity contribution in [3.8, 4) is 0 Å². The molecule has 1 aliphatic heterocycles. The minimum Gasteiger partial charge on any atom is -0.481 e. The van der Waals surface area contributed by atoms with E-state index in [-0.39, 0.29) is 30.2 Å². The van der Waals surface area contributed by atoms with E-state index in [1.165, 1.54) is 43.4 Å². The van der Waals surface area contributed by atoms with Crippen LogP contribution in [0.2, 0.25) is 0 Å². The summed E-state index contributed by atoms with van der Waals surface area (Å²) in [4.78, 5) is 47.8. The second-order valence-electron chi connectivity index (χ2n) is 5.80. The van der Waals surface area contributed by atoms with E-state index in [2.05, 4.69) is 4.74 Å². The van der Waals surface area contributed by atoms with Gasteiger partial charge in [-0.25, -0.2) is 9.59 Å². The number of anilines is 1. The summed E-state index contributed by atoms with van der Waals surface area (Å²) in [6, 6.07) is 5.88. The zero-order valence-corrected chi connectivity index (χ0v) is 15.2. The van der Waals surface area contributed by atoms with Crippen LogP contribution in [0, 0.1) is 0 Å². The Morgan fingerprint density at radius 2 is 1.68 bits per heavy atom. The normalized spacial score (nSPS) is 15.0. The molecule has 1 atom stereocenters. The number of aliphatic carboxylic acids is 2. The van der Waals surface area contributed by atoms with E-state index >= 15 is 0 Å². The summed E-state index contributed by atoms with van der Waals surface area (Å²) >= 11 is 0. The monoisotopic (exact) mass is 393 g/mol. The Morgan fingerprint density at radius 1 is 1.07 bits per heavy atom. The van der Waals surface area contributed by atoms with E-state index in [1.54, 1.807) is 0 Å². The molecule has 0 fully saturated rings. The van der Waals surface area contributed by atoms with Crippen LogP contribution in [0.5, 0.6) is 0 Å². The van der Waals surface area contributed by atoms with Gasteiger partial charge in [0.25, 0.3) is 0 Å². The summed E-state index contributed by atoms with van der Waals surface area (Å²) < 4.78 is 14.8. The Labute approximate surface area is 159 Å². The fourth-order valence-electron chi connectivity index (χ4n) is 2.76. The molecule has 10 nitrogen and oxygen atoms in total. The van der Waals surface area contributed by atoms with Gasteiger partial charge in [-0.15, -0.1) is 0 Å². The predicted molar refractivity (Wildman–Crippen MR) is 93.4 cm³/mol. The van der Waals surface area contributed by atoms with Gasteiger partial charge in [0.2, 0.25) is 0 Å². The van der Waals surface area contributed by atoms with E-state index in [0.717, 1.165) is 0 Å². The molecular formula is C18H19NO9. The van der Waals surface area contributed by atoms with Crippen molar-refractivity contribution in [2.45, 2.75) is 12.3 Å². The molecule has 0 aromatic heterocycles. The zero-order chi connectivity index (χ0) is 20.8. The first kappa shape index (κ1) is 20.9. The maximum atomic E-state index is 12.2. The molecule has 0 saturated carbocycles. The van der Waals surface area contributed by atoms with Crippen LogP contribution in [-0.2, 0) is 33.4 Å². The Morgan fingerprint density at radius 3 is 2.18 bits per heavy atom. The fraction of sp³-hybridized carbons (Fsp3) is 0.333. The van der Waals surface area contributed by atoms with Gasteiger partial charge in [0.1, 0.15) is 12.4 Å². The van der Waals surface area contributed by atoms with Gasteiger partial charge in [0, 0.05) is 5.69 Å². The molecule has 1 aromatic rings. The number of carboxylic acid groups (broad SMARTS) is 2. The molecule has 1 heterocycles. The summed E-state index contributed by atoms with van der Waals surface area (Å²) in [6.45, 7) is -0.187. The summed E-state index contributed by atoms with van der Waals surface area (Å²) in [5.41, 5.74) is 0.644. The highest BCUT2D eigenvalue weighted by Crippen LogP contribution is 2.29. The van der Waals surface area contributed by atoms with Crippen molar-refractivity contribution in [3.05, 3.63) is 41.1 Å². The largest absolute Gasteiger partial charge is 0.481 e. The van der Waals surface area contributed by atoms with Gasteiger partial charge in [0.05, 0.1) is 38.7 Å². The van der Waals surface area contributed by atoms with E-state index < -0.39 is 36.2 Å². The molecule has 0 amide bonds. The first-order valence-corrected chi connectivity index (χ1v) is 8.09. The first-order chi connectivity index (χ1) is 13.3. The number of hydrogen-bond donors (Lipinski definition) is 2. The number of nitrogens with zero attached hydrogens (tertiary/aromatic N) is 1. The highest BCUT2D eigenvalue weighted by Gasteiger charge is 2.32. The molecule has 150 valence electrons. The molecule has 1 aromatic carbocycles. The lowest BCUT2D eigenvalue weighted by Crippen LogP contribution is -2.38. The molecule has 1 unspecified atom stereocenters. The molecule has 2 rings (SSSR count). The average molecular weight is 393 g/mol. The minimum absolute atomic E-state index is 0.0148. The molecule has 0 spiro atoms. The maximum Gasteiger partial charge on any atom is 0.355 e. The minimum atomic E-state index is -1.26. The second kappa shape index (κ2) is 9.00. The molecular weight excluding hydrogens is 374 g/mol. The highest BCUT2D eigenvalue weighted by molar-refractivity contribution is 6.03. The number of hydrogen-bond acceptors (Lipinski definition) is 8. The maximum absolute atomic E-state index is 12.2. The summed E-state index contributed by atoms with van der Waals surface area (Å²) in [5, 5.41) is 18.1. The van der Waals surface area contributed by atoms with Crippen molar-refractivity contribution in [1.29, 1.82) is 0 Å². The van der Waals surface area contributed by atoms with Crippen LogP contribution in [0.4, 0.5) is 5.69 Å². The number of ether oxygens (including phenoxy) is 3. The van der Waals surface area contributed by atoms with Gasteiger partial charge in [-0.1, -0.05) is 12.1 Å². The highest BCUT2D eigenvalue weighted by atomic mass is 16.5. The van der Waals surface area contributed by atoms with Crippen LogP contribution in [0.25, 0.3) is 0 Å². The van der Waals surface area contributed by atoms with Crippen molar-refractivity contribution in [3.63, 3.8) is 0 Å². The van der Waals surface area contributed by atoms with Crippen LogP contribution >= 0.6 is 0 Å². The molecule has 0 saturated heterocycles. The van der Waals surface area contributed by atoms with Crippen molar-refractivity contribution >= 4 is 29.6 Å². The third kappa shape index (κ3) is 4.46. The number of carbonyl (C=O) groups excluding carboxylic acids is 2. The van der Waals surface area contributed by atoms with Crippen molar-refractivity contribution in [1.82, 2.24) is 0 Å². The van der Waals surface area contributed by atoms with Crippen LogP contribution in [-0.4, -0.2) is 61.6 Å². The summed E-state index contributed by atoms with van der Waals surface area (Å²) in [7, 11) is 2.34. The number of esters is 2. The number of rotatable bonds is 7. The Kier molecular flexibility index (Phi) is 6.72. The fourth-order valence-corrected chi connectivity index (χ4v) is 2.76. The molecule has 10 heteroatoms. The van der Waals surface area contributed by atoms with Gasteiger partial charge in [-0.3, -0.25) is 9.59 Å². The van der Waals surface area contributed by atoms with Gasteiger partial charge in [-0.2, -0.15) is 0 Å². The quantitative estimate of drug-likeness (QED) is 0.637. The standard InChI is InChI=1S/C18H19NO9/c1-26-17(24)13-8-28-9-19(15(13)18(25)27-2)11-5-3-10(4-6-11)12(16(22)23)7-14(20)21/h3-6,12H,7-9H2,1-2H3,(H,20,21)(H,22,23). The summed E-state index contributed by atoms with van der Waals surface area (Å²) in [5.74, 6) is -5.22. The van der Waals surface area contributed by atoms with Crippen LogP contribution < -0.4 is 4.90 Å². The van der Waals surface area contributed by atoms with E-state index in [1.807, 2.05) is 0 Å². The molecule has 28 heavy (non-hydrogen) atoms. The molecule has 0 bridgehead atoms. The Balaban J connectivity index is 2.42. The van der Waals surface area contributed by atoms with E-state index in [9.17, 15) is 24.3 Å². The van der Waals surface area contributed by atoms with Crippen LogP contribution in [0.1, 0.15) is 17.9 Å². The van der Waals surface area contributed by atoms with Gasteiger partial charge < -0.3 is 29.3 Å². The van der Waals surface area contributed by atoms with Crippen molar-refractivity contribution in [2.24, 2.45) is 0 Å². The Bertz CT molecular complexity index is 813. The summed E-state index contributed by atoms with van der Waals surface area (Å²) in [6.07, 6.45) is -0.568. The van der Waals surface area contributed by atoms with Gasteiger partial charge >= 0.3 is 23.9 Å². The molecule has 0 radical (unpaired) electrons. The van der Waals surface area contributed by atoms with E-state index in [0.29, 0.717) is 5.69 Å².